The molecule has 0 N–H and O–H groups in total. The molecule has 2 aromatic rings. The van der Waals surface area contributed by atoms with Crippen molar-refractivity contribution in [3.8, 4) is 5.75 Å². The monoisotopic (exact) mass is 343 g/mol. The van der Waals surface area contributed by atoms with Crippen molar-refractivity contribution in [1.82, 2.24) is 4.98 Å². The molecule has 1 heterocycles. The third-order valence-electron chi connectivity index (χ3n) is 5.25. The highest BCUT2D eigenvalue weighted by molar-refractivity contribution is 5.67. The minimum absolute atomic E-state index is 0.489. The summed E-state index contributed by atoms with van der Waals surface area (Å²) < 4.78 is 6.02. The van der Waals surface area contributed by atoms with Gasteiger partial charge in [-0.3, -0.25) is 0 Å². The first kappa shape index (κ1) is 16.8. The highest BCUT2D eigenvalue weighted by Crippen LogP contribution is 2.23. The Morgan fingerprint density at radius 2 is 1.69 bits per heavy atom. The van der Waals surface area contributed by atoms with E-state index in [4.69, 9.17) is 9.72 Å². The molecule has 2 aliphatic carbocycles. The topological polar surface area (TPSA) is 22.1 Å². The second-order valence-corrected chi connectivity index (χ2v) is 7.29. The highest BCUT2D eigenvalue weighted by Gasteiger charge is 2.11. The van der Waals surface area contributed by atoms with Crippen molar-refractivity contribution < 1.29 is 4.74 Å². The fourth-order valence-electron chi connectivity index (χ4n) is 3.43. The van der Waals surface area contributed by atoms with Gasteiger partial charge in [0.25, 0.3) is 0 Å². The molecule has 1 aromatic carbocycles. The molecule has 2 nitrogen and oxygen atoms in total. The smallest absolute Gasteiger partial charge is 0.130 e. The van der Waals surface area contributed by atoms with Crippen LogP contribution in [-0.4, -0.2) is 4.98 Å². The van der Waals surface area contributed by atoms with E-state index in [0.29, 0.717) is 18.4 Å². The van der Waals surface area contributed by atoms with Crippen LogP contribution in [0.5, 0.6) is 5.75 Å². The maximum Gasteiger partial charge on any atom is 0.130 e. The molecule has 0 spiro atoms. The van der Waals surface area contributed by atoms with Gasteiger partial charge in [0, 0.05) is 0 Å². The maximum atomic E-state index is 6.02. The van der Waals surface area contributed by atoms with Crippen molar-refractivity contribution in [2.45, 2.75) is 33.3 Å². The van der Waals surface area contributed by atoms with E-state index in [-0.39, 0.29) is 0 Å². The molecule has 1 aromatic heterocycles. The van der Waals surface area contributed by atoms with Crippen molar-refractivity contribution in [2.75, 3.05) is 0 Å². The number of hydrogen-bond donors (Lipinski definition) is 0. The van der Waals surface area contributed by atoms with Gasteiger partial charge in [-0.25, -0.2) is 4.98 Å². The SMILES string of the molecule is CC1C=c2ccc(COc3ccc4c(c3)/C=C\CC/C=C\4)nc2=C[C@@H]1C. The molecule has 132 valence electrons. The Bertz CT molecular complexity index is 984. The summed E-state index contributed by atoms with van der Waals surface area (Å²) in [6.45, 7) is 4.99. The molecule has 1 unspecified atom stereocenters. The average Bonchev–Trinajstić information content (AvgIpc) is 2.62. The van der Waals surface area contributed by atoms with E-state index < -0.39 is 0 Å². The number of fused-ring (bicyclic) bond motifs is 2. The zero-order valence-electron chi connectivity index (χ0n) is 15.5. The summed E-state index contributed by atoms with van der Waals surface area (Å²) in [7, 11) is 0. The molecule has 4 rings (SSSR count). The van der Waals surface area contributed by atoms with Gasteiger partial charge in [-0.1, -0.05) is 62.4 Å². The summed E-state index contributed by atoms with van der Waals surface area (Å²) in [4.78, 5) is 4.79. The Hall–Kier alpha value is -2.61. The number of aromatic nitrogens is 1. The van der Waals surface area contributed by atoms with Crippen molar-refractivity contribution in [3.05, 3.63) is 69.9 Å². The minimum atomic E-state index is 0.489. The summed E-state index contributed by atoms with van der Waals surface area (Å²) in [5, 5.41) is 2.32. The molecule has 0 saturated heterocycles. The summed E-state index contributed by atoms with van der Waals surface area (Å²) in [6, 6.07) is 10.5. The van der Waals surface area contributed by atoms with Gasteiger partial charge < -0.3 is 4.74 Å². The molecule has 0 bridgehead atoms. The molecular weight excluding hydrogens is 318 g/mol. The summed E-state index contributed by atoms with van der Waals surface area (Å²) in [5.74, 6) is 1.98. The summed E-state index contributed by atoms with van der Waals surface area (Å²) in [5.41, 5.74) is 3.42. The molecule has 26 heavy (non-hydrogen) atoms. The molecule has 0 radical (unpaired) electrons. The second-order valence-electron chi connectivity index (χ2n) is 7.29. The zero-order valence-corrected chi connectivity index (χ0v) is 15.5. The average molecular weight is 343 g/mol. The maximum absolute atomic E-state index is 6.02. The minimum Gasteiger partial charge on any atom is -0.487 e. The Morgan fingerprint density at radius 1 is 0.923 bits per heavy atom. The number of hydrogen-bond acceptors (Lipinski definition) is 2. The summed E-state index contributed by atoms with van der Waals surface area (Å²) >= 11 is 0. The molecule has 0 fully saturated rings. The Balaban J connectivity index is 1.53. The van der Waals surface area contributed by atoms with Crippen LogP contribution in [0.4, 0.5) is 0 Å². The van der Waals surface area contributed by atoms with E-state index in [2.05, 4.69) is 74.6 Å². The summed E-state index contributed by atoms with van der Waals surface area (Å²) in [6.07, 6.45) is 15.6. The van der Waals surface area contributed by atoms with Crippen molar-refractivity contribution in [3.63, 3.8) is 0 Å². The molecule has 2 heteroatoms. The fourth-order valence-corrected chi connectivity index (χ4v) is 3.43. The first-order chi connectivity index (χ1) is 12.7. The van der Waals surface area contributed by atoms with Crippen molar-refractivity contribution >= 4 is 24.3 Å². The van der Waals surface area contributed by atoms with Crippen LogP contribution in [0.15, 0.2) is 42.5 Å². The third-order valence-corrected chi connectivity index (χ3v) is 5.25. The Labute approximate surface area is 155 Å². The quantitative estimate of drug-likeness (QED) is 0.828. The van der Waals surface area contributed by atoms with Crippen LogP contribution in [0.25, 0.3) is 24.3 Å². The number of rotatable bonds is 3. The number of ether oxygens (including phenoxy) is 1. The van der Waals surface area contributed by atoms with Gasteiger partial charge in [-0.05, 0) is 59.2 Å². The van der Waals surface area contributed by atoms with Gasteiger partial charge in [0.1, 0.15) is 12.4 Å². The fraction of sp³-hybridized carbons (Fsp3) is 0.292. The lowest BCUT2D eigenvalue weighted by Gasteiger charge is -2.16. The predicted octanol–water partition coefficient (Wildman–Crippen LogP) is 4.33. The number of allylic oxidation sites excluding steroid dienone is 2. The molecule has 2 atom stereocenters. The number of pyridine rings is 1. The number of benzene rings is 1. The van der Waals surface area contributed by atoms with Crippen molar-refractivity contribution in [2.24, 2.45) is 11.8 Å². The van der Waals surface area contributed by atoms with Crippen LogP contribution >= 0.6 is 0 Å². The van der Waals surface area contributed by atoms with E-state index in [1.807, 2.05) is 6.07 Å². The van der Waals surface area contributed by atoms with Gasteiger partial charge >= 0.3 is 0 Å². The van der Waals surface area contributed by atoms with Crippen molar-refractivity contribution in [1.29, 1.82) is 0 Å². The third kappa shape index (κ3) is 3.65. The lowest BCUT2D eigenvalue weighted by molar-refractivity contribution is 0.301. The zero-order chi connectivity index (χ0) is 17.9. The lowest BCUT2D eigenvalue weighted by Crippen LogP contribution is -2.35. The van der Waals surface area contributed by atoms with Crippen LogP contribution < -0.4 is 15.3 Å². The van der Waals surface area contributed by atoms with Crippen LogP contribution in [0.3, 0.4) is 0 Å². The normalized spacial score (nSPS) is 23.3. The van der Waals surface area contributed by atoms with Crippen LogP contribution in [0.1, 0.15) is 43.5 Å². The lowest BCUT2D eigenvalue weighted by atomic mass is 9.91. The van der Waals surface area contributed by atoms with Gasteiger partial charge in [0.2, 0.25) is 0 Å². The molecule has 2 aliphatic rings. The molecular formula is C24H25NO. The van der Waals surface area contributed by atoms with Crippen LogP contribution in [-0.2, 0) is 6.61 Å². The molecule has 0 aliphatic heterocycles. The predicted molar refractivity (Wildman–Crippen MR) is 109 cm³/mol. The first-order valence-corrected chi connectivity index (χ1v) is 9.48. The first-order valence-electron chi connectivity index (χ1n) is 9.48. The standard InChI is InChI=1S/C24H25NO/c1-17-13-21-9-11-22(25-24(21)14-18(17)2)16-26-23-12-10-19-7-5-3-4-6-8-20(19)15-23/h5-15,17-18H,3-4,16H2,1-2H3/b7-5-,8-6-/t17?,18-/m0/s1. The van der Waals surface area contributed by atoms with E-state index >= 15 is 0 Å². The van der Waals surface area contributed by atoms with E-state index in [1.54, 1.807) is 0 Å². The largest absolute Gasteiger partial charge is 0.487 e. The van der Waals surface area contributed by atoms with E-state index in [1.165, 1.54) is 16.3 Å². The Morgan fingerprint density at radius 3 is 2.54 bits per heavy atom. The molecule has 0 amide bonds. The Kier molecular flexibility index (Phi) is 4.75. The highest BCUT2D eigenvalue weighted by atomic mass is 16.5. The van der Waals surface area contributed by atoms with E-state index in [9.17, 15) is 0 Å². The second kappa shape index (κ2) is 7.33. The van der Waals surface area contributed by atoms with Crippen LogP contribution in [0, 0.1) is 11.8 Å². The van der Waals surface area contributed by atoms with Gasteiger partial charge in [-0.2, -0.15) is 0 Å². The van der Waals surface area contributed by atoms with E-state index in [0.717, 1.165) is 29.6 Å². The van der Waals surface area contributed by atoms with Gasteiger partial charge in [-0.15, -0.1) is 0 Å². The van der Waals surface area contributed by atoms with Gasteiger partial charge in [0.05, 0.1) is 11.0 Å². The van der Waals surface area contributed by atoms with Gasteiger partial charge in [0.15, 0.2) is 0 Å². The van der Waals surface area contributed by atoms with Crippen LogP contribution in [0.2, 0.25) is 0 Å². The number of nitrogens with zero attached hydrogens (tertiary/aromatic N) is 1. The molecule has 0 saturated carbocycles.